The molecule has 1 aromatic carbocycles. The van der Waals surface area contributed by atoms with Crippen LogP contribution >= 0.6 is 0 Å². The molecule has 0 bridgehead atoms. The van der Waals surface area contributed by atoms with Gasteiger partial charge >= 0.3 is 6.36 Å². The topological polar surface area (TPSA) is 87.6 Å². The second kappa shape index (κ2) is 6.77. The maximum absolute atomic E-state index is 12.8. The van der Waals surface area contributed by atoms with Crippen LogP contribution in [-0.2, 0) is 4.79 Å². The van der Waals surface area contributed by atoms with E-state index in [1.807, 2.05) is 0 Å². The van der Waals surface area contributed by atoms with Crippen molar-refractivity contribution in [2.45, 2.75) is 31.7 Å². The van der Waals surface area contributed by atoms with E-state index in [9.17, 15) is 23.1 Å². The minimum absolute atomic E-state index is 0.213. The zero-order valence-electron chi connectivity index (χ0n) is 14.9. The molecule has 2 fully saturated rings. The molecule has 1 atom stereocenters. The Bertz CT molecular complexity index is 901. The van der Waals surface area contributed by atoms with E-state index < -0.39 is 24.8 Å². The van der Waals surface area contributed by atoms with Crippen molar-refractivity contribution in [3.63, 3.8) is 0 Å². The molecule has 1 aliphatic carbocycles. The fourth-order valence-corrected chi connectivity index (χ4v) is 3.63. The molecular weight excluding hydrogens is 377 g/mol. The van der Waals surface area contributed by atoms with Gasteiger partial charge in [-0.25, -0.2) is 9.97 Å². The highest BCUT2D eigenvalue weighted by Gasteiger charge is 2.49. The SMILES string of the molecule is O=C([C@@H](CO)Nc1ncnc2cc(OC(F)(F)F)ccc12)N1CCC2(CC2)C1. The second-order valence-electron chi connectivity index (χ2n) is 7.34. The average Bonchev–Trinajstić information content (AvgIpc) is 3.26. The summed E-state index contributed by atoms with van der Waals surface area (Å²) < 4.78 is 41.1. The molecule has 4 rings (SSSR count). The van der Waals surface area contributed by atoms with Gasteiger partial charge in [-0.15, -0.1) is 13.2 Å². The van der Waals surface area contributed by atoms with Gasteiger partial charge in [0.2, 0.25) is 5.91 Å². The van der Waals surface area contributed by atoms with Crippen LogP contribution in [0.3, 0.4) is 0 Å². The minimum Gasteiger partial charge on any atom is -0.406 e. The maximum Gasteiger partial charge on any atom is 0.573 e. The highest BCUT2D eigenvalue weighted by atomic mass is 19.4. The van der Waals surface area contributed by atoms with E-state index in [2.05, 4.69) is 20.0 Å². The number of hydrogen-bond acceptors (Lipinski definition) is 6. The summed E-state index contributed by atoms with van der Waals surface area (Å²) in [5.41, 5.74) is 0.494. The number of fused-ring (bicyclic) bond motifs is 1. The summed E-state index contributed by atoms with van der Waals surface area (Å²) >= 11 is 0. The average molecular weight is 396 g/mol. The third-order valence-corrected chi connectivity index (χ3v) is 5.34. The fourth-order valence-electron chi connectivity index (χ4n) is 3.63. The molecule has 1 amide bonds. The number of anilines is 1. The maximum atomic E-state index is 12.8. The largest absolute Gasteiger partial charge is 0.573 e. The monoisotopic (exact) mass is 396 g/mol. The first kappa shape index (κ1) is 18.7. The number of carbonyl (C=O) groups excluding carboxylic acids is 1. The fraction of sp³-hybridized carbons (Fsp3) is 0.500. The summed E-state index contributed by atoms with van der Waals surface area (Å²) in [5.74, 6) is -0.349. The standard InChI is InChI=1S/C18H19F3N4O3/c19-18(20,21)28-11-1-2-12-13(7-11)22-10-23-15(12)24-14(8-26)16(27)25-6-5-17(9-25)3-4-17/h1-2,7,10,14,26H,3-6,8-9H2,(H,22,23,24)/t14-/m1/s1. The number of carbonyl (C=O) groups is 1. The third kappa shape index (κ3) is 3.82. The van der Waals surface area contributed by atoms with Crippen LogP contribution in [0.25, 0.3) is 10.9 Å². The Morgan fingerprint density at radius 2 is 2.11 bits per heavy atom. The number of benzene rings is 1. The predicted molar refractivity (Wildman–Crippen MR) is 93.6 cm³/mol. The quantitative estimate of drug-likeness (QED) is 0.807. The van der Waals surface area contributed by atoms with E-state index in [0.717, 1.165) is 31.4 Å². The molecule has 0 unspecified atom stereocenters. The Labute approximate surface area is 158 Å². The normalized spacial score (nSPS) is 19.1. The van der Waals surface area contributed by atoms with Gasteiger partial charge in [0.25, 0.3) is 0 Å². The number of nitrogens with zero attached hydrogens (tertiary/aromatic N) is 3. The molecule has 1 saturated carbocycles. The number of nitrogens with one attached hydrogen (secondary N) is 1. The number of aliphatic hydroxyl groups excluding tert-OH is 1. The predicted octanol–water partition coefficient (Wildman–Crippen LogP) is 2.31. The number of aliphatic hydroxyl groups is 1. The zero-order valence-corrected chi connectivity index (χ0v) is 14.9. The number of aromatic nitrogens is 2. The summed E-state index contributed by atoms with van der Waals surface area (Å²) in [6, 6.07) is 2.78. The van der Waals surface area contributed by atoms with Crippen molar-refractivity contribution < 1.29 is 27.8 Å². The van der Waals surface area contributed by atoms with Crippen LogP contribution in [0, 0.1) is 5.41 Å². The number of hydrogen-bond donors (Lipinski definition) is 2. The Hall–Kier alpha value is -2.62. The van der Waals surface area contributed by atoms with E-state index in [0.29, 0.717) is 18.5 Å². The number of likely N-dealkylation sites (tertiary alicyclic amines) is 1. The van der Waals surface area contributed by atoms with Crippen molar-refractivity contribution >= 4 is 22.6 Å². The summed E-state index contributed by atoms with van der Waals surface area (Å²) in [6.07, 6.45) is -0.379. The number of alkyl halides is 3. The van der Waals surface area contributed by atoms with Crippen LogP contribution in [0.5, 0.6) is 5.75 Å². The molecule has 1 saturated heterocycles. The van der Waals surface area contributed by atoms with Gasteiger partial charge in [-0.2, -0.15) is 0 Å². The van der Waals surface area contributed by atoms with Crippen LogP contribution in [0.2, 0.25) is 0 Å². The van der Waals surface area contributed by atoms with E-state index in [1.54, 1.807) is 4.90 Å². The van der Waals surface area contributed by atoms with Gasteiger partial charge in [0.05, 0.1) is 12.1 Å². The van der Waals surface area contributed by atoms with Crippen molar-refractivity contribution in [1.82, 2.24) is 14.9 Å². The van der Waals surface area contributed by atoms with Crippen LogP contribution in [0.1, 0.15) is 19.3 Å². The summed E-state index contributed by atoms with van der Waals surface area (Å²) in [5, 5.41) is 13.0. The lowest BCUT2D eigenvalue weighted by Gasteiger charge is -2.24. The first-order chi connectivity index (χ1) is 13.3. The van der Waals surface area contributed by atoms with Gasteiger partial charge in [-0.05, 0) is 36.8 Å². The number of ether oxygens (including phenoxy) is 1. The van der Waals surface area contributed by atoms with Crippen LogP contribution in [-0.4, -0.2) is 58.0 Å². The highest BCUT2D eigenvalue weighted by Crippen LogP contribution is 2.52. The zero-order chi connectivity index (χ0) is 19.9. The molecule has 2 aromatic rings. The van der Waals surface area contributed by atoms with Crippen LogP contribution < -0.4 is 10.1 Å². The minimum atomic E-state index is -4.80. The van der Waals surface area contributed by atoms with Gasteiger partial charge in [0.15, 0.2) is 0 Å². The summed E-state index contributed by atoms with van der Waals surface area (Å²) in [6.45, 7) is 0.940. The van der Waals surface area contributed by atoms with E-state index >= 15 is 0 Å². The molecular formula is C18H19F3N4O3. The van der Waals surface area contributed by atoms with Crippen molar-refractivity contribution in [2.75, 3.05) is 25.0 Å². The van der Waals surface area contributed by atoms with E-state index in [-0.39, 0.29) is 22.7 Å². The Kier molecular flexibility index (Phi) is 4.53. The van der Waals surface area contributed by atoms with Crippen molar-refractivity contribution in [2.24, 2.45) is 5.41 Å². The molecule has 1 spiro atoms. The molecule has 1 aromatic heterocycles. The smallest absolute Gasteiger partial charge is 0.406 e. The molecule has 2 N–H and O–H groups in total. The molecule has 10 heteroatoms. The van der Waals surface area contributed by atoms with Gasteiger partial charge in [0, 0.05) is 24.5 Å². The van der Waals surface area contributed by atoms with Gasteiger partial charge in [0.1, 0.15) is 23.9 Å². The van der Waals surface area contributed by atoms with Crippen molar-refractivity contribution in [1.29, 1.82) is 0 Å². The molecule has 7 nitrogen and oxygen atoms in total. The molecule has 0 radical (unpaired) electrons. The Balaban J connectivity index is 1.53. The third-order valence-electron chi connectivity index (χ3n) is 5.34. The lowest BCUT2D eigenvalue weighted by molar-refractivity contribution is -0.274. The number of halogens is 3. The molecule has 2 aliphatic rings. The highest BCUT2D eigenvalue weighted by molar-refractivity contribution is 5.92. The van der Waals surface area contributed by atoms with Crippen molar-refractivity contribution in [3.8, 4) is 5.75 Å². The first-order valence-corrected chi connectivity index (χ1v) is 8.95. The molecule has 150 valence electrons. The van der Waals surface area contributed by atoms with E-state index in [1.165, 1.54) is 12.4 Å². The van der Waals surface area contributed by atoms with Crippen LogP contribution in [0.4, 0.5) is 19.0 Å². The second-order valence-corrected chi connectivity index (χ2v) is 7.34. The number of rotatable bonds is 5. The Morgan fingerprint density at radius 3 is 2.75 bits per heavy atom. The molecule has 2 heterocycles. The van der Waals surface area contributed by atoms with Gasteiger partial charge in [-0.1, -0.05) is 0 Å². The van der Waals surface area contributed by atoms with Gasteiger partial charge < -0.3 is 20.1 Å². The summed E-state index contributed by atoms with van der Waals surface area (Å²) in [7, 11) is 0. The lowest BCUT2D eigenvalue weighted by Crippen LogP contribution is -2.44. The van der Waals surface area contributed by atoms with Crippen LogP contribution in [0.15, 0.2) is 24.5 Å². The molecule has 1 aliphatic heterocycles. The number of amides is 1. The van der Waals surface area contributed by atoms with Gasteiger partial charge in [-0.3, -0.25) is 4.79 Å². The Morgan fingerprint density at radius 1 is 1.32 bits per heavy atom. The summed E-state index contributed by atoms with van der Waals surface area (Å²) in [4.78, 5) is 22.5. The van der Waals surface area contributed by atoms with E-state index in [4.69, 9.17) is 0 Å². The lowest BCUT2D eigenvalue weighted by atomic mass is 10.1. The van der Waals surface area contributed by atoms with Crippen molar-refractivity contribution in [3.05, 3.63) is 24.5 Å². The molecule has 28 heavy (non-hydrogen) atoms. The first-order valence-electron chi connectivity index (χ1n) is 8.95.